The first-order valence-electron chi connectivity index (χ1n) is 9.27. The number of nitrogens with one attached hydrogen (secondary N) is 1. The molecule has 0 aliphatic carbocycles. The number of nitrogens with zero attached hydrogens (tertiary/aromatic N) is 3. The first-order chi connectivity index (χ1) is 12.8. The highest BCUT2D eigenvalue weighted by Gasteiger charge is 2.20. The quantitative estimate of drug-likeness (QED) is 0.655. The van der Waals surface area contributed by atoms with Gasteiger partial charge in [0.05, 0.1) is 12.9 Å². The van der Waals surface area contributed by atoms with Crippen LogP contribution in [0.15, 0.2) is 29.4 Å². The van der Waals surface area contributed by atoms with Gasteiger partial charge in [0.2, 0.25) is 5.91 Å². The summed E-state index contributed by atoms with van der Waals surface area (Å²) in [5.74, 6) is 2.38. The average Bonchev–Trinajstić information content (AvgIpc) is 3.01. The number of benzene rings is 1. The Morgan fingerprint density at radius 3 is 2.48 bits per heavy atom. The van der Waals surface area contributed by atoms with Gasteiger partial charge in [-0.1, -0.05) is 32.5 Å². The highest BCUT2D eigenvalue weighted by Crippen LogP contribution is 2.26. The molecule has 1 aromatic carbocycles. The lowest BCUT2D eigenvalue weighted by Crippen LogP contribution is -2.43. The molecule has 2 rings (SSSR count). The Bertz CT molecular complexity index is 754. The number of carbonyl (C=O) groups is 1. The minimum Gasteiger partial charge on any atom is -0.497 e. The van der Waals surface area contributed by atoms with Crippen molar-refractivity contribution in [1.29, 1.82) is 0 Å². The van der Waals surface area contributed by atoms with Crippen LogP contribution in [0, 0.1) is 5.92 Å². The lowest BCUT2D eigenvalue weighted by Gasteiger charge is -2.24. The van der Waals surface area contributed by atoms with Crippen LogP contribution in [0.1, 0.15) is 41.0 Å². The first-order valence-corrected chi connectivity index (χ1v) is 10.3. The van der Waals surface area contributed by atoms with Gasteiger partial charge in [0.15, 0.2) is 11.0 Å². The van der Waals surface area contributed by atoms with Gasteiger partial charge in [-0.2, -0.15) is 0 Å². The molecule has 1 N–H and O–H groups in total. The molecule has 0 spiro atoms. The van der Waals surface area contributed by atoms with E-state index in [4.69, 9.17) is 4.74 Å². The molecule has 2 aromatic rings. The van der Waals surface area contributed by atoms with Gasteiger partial charge in [0.1, 0.15) is 5.75 Å². The molecule has 148 valence electrons. The molecular weight excluding hydrogens is 360 g/mol. The van der Waals surface area contributed by atoms with E-state index in [9.17, 15) is 4.79 Å². The highest BCUT2D eigenvalue weighted by atomic mass is 32.2. The van der Waals surface area contributed by atoms with Crippen LogP contribution in [0.25, 0.3) is 11.4 Å². The molecule has 6 nitrogen and oxygen atoms in total. The molecule has 0 radical (unpaired) electrons. The van der Waals surface area contributed by atoms with E-state index in [0.29, 0.717) is 11.7 Å². The fourth-order valence-electron chi connectivity index (χ4n) is 2.51. The SMILES string of the molecule is CCC(C)(C)NC(=O)CSc1nnc(-c2ccc(OC)cc2)n1CC(C)C. The van der Waals surface area contributed by atoms with E-state index in [1.165, 1.54) is 11.8 Å². The molecule has 1 aromatic heterocycles. The van der Waals surface area contributed by atoms with Gasteiger partial charge < -0.3 is 14.6 Å². The summed E-state index contributed by atoms with van der Waals surface area (Å²) in [6.07, 6.45) is 0.883. The molecule has 1 heterocycles. The molecule has 0 atom stereocenters. The van der Waals surface area contributed by atoms with Gasteiger partial charge in [-0.3, -0.25) is 4.79 Å². The van der Waals surface area contributed by atoms with Crippen LogP contribution < -0.4 is 10.1 Å². The Morgan fingerprint density at radius 2 is 1.93 bits per heavy atom. The number of rotatable bonds is 9. The minimum atomic E-state index is -0.197. The molecular formula is C20H30N4O2S. The molecule has 0 bridgehead atoms. The van der Waals surface area contributed by atoms with E-state index in [-0.39, 0.29) is 11.4 Å². The van der Waals surface area contributed by atoms with Crippen molar-refractivity contribution in [1.82, 2.24) is 20.1 Å². The van der Waals surface area contributed by atoms with Crippen molar-refractivity contribution in [3.63, 3.8) is 0 Å². The van der Waals surface area contributed by atoms with Crippen molar-refractivity contribution in [2.45, 2.75) is 58.3 Å². The third-order valence-corrected chi connectivity index (χ3v) is 5.27. The molecule has 0 unspecified atom stereocenters. The summed E-state index contributed by atoms with van der Waals surface area (Å²) >= 11 is 1.42. The molecule has 0 saturated carbocycles. The fraction of sp³-hybridized carbons (Fsp3) is 0.550. The lowest BCUT2D eigenvalue weighted by atomic mass is 10.0. The summed E-state index contributed by atoms with van der Waals surface area (Å²) in [4.78, 5) is 12.3. The third-order valence-electron chi connectivity index (χ3n) is 4.31. The van der Waals surface area contributed by atoms with Gasteiger partial charge in [0.25, 0.3) is 0 Å². The van der Waals surface area contributed by atoms with Crippen molar-refractivity contribution in [3.8, 4) is 17.1 Å². The number of ether oxygens (including phenoxy) is 1. The minimum absolute atomic E-state index is 0.0111. The molecule has 0 aliphatic heterocycles. The number of thioether (sulfide) groups is 1. The second kappa shape index (κ2) is 9.26. The summed E-state index contributed by atoms with van der Waals surface area (Å²) in [5.41, 5.74) is 0.782. The lowest BCUT2D eigenvalue weighted by molar-refractivity contribution is -0.120. The predicted molar refractivity (Wildman–Crippen MR) is 110 cm³/mol. The monoisotopic (exact) mass is 390 g/mol. The van der Waals surface area contributed by atoms with E-state index < -0.39 is 0 Å². The molecule has 7 heteroatoms. The zero-order valence-electron chi connectivity index (χ0n) is 17.1. The standard InChI is InChI=1S/C20H30N4O2S/c1-7-20(4,5)21-17(25)13-27-19-23-22-18(24(19)12-14(2)3)15-8-10-16(26-6)11-9-15/h8-11,14H,7,12-13H2,1-6H3,(H,21,25). The van der Waals surface area contributed by atoms with E-state index in [0.717, 1.165) is 35.3 Å². The van der Waals surface area contributed by atoms with Crippen molar-refractivity contribution >= 4 is 17.7 Å². The second-order valence-electron chi connectivity index (χ2n) is 7.61. The molecule has 27 heavy (non-hydrogen) atoms. The second-order valence-corrected chi connectivity index (χ2v) is 8.56. The predicted octanol–water partition coefficient (Wildman–Crippen LogP) is 4.01. The number of carbonyl (C=O) groups excluding carboxylic acids is 1. The Hall–Kier alpha value is -2.02. The molecule has 0 aliphatic rings. The van der Waals surface area contributed by atoms with Gasteiger partial charge in [-0.15, -0.1) is 10.2 Å². The number of methoxy groups -OCH3 is 1. The third kappa shape index (κ3) is 5.99. The van der Waals surface area contributed by atoms with Crippen LogP contribution >= 0.6 is 11.8 Å². The summed E-state index contributed by atoms with van der Waals surface area (Å²) in [5, 5.41) is 12.5. The number of amides is 1. The van der Waals surface area contributed by atoms with Crippen LogP contribution in [0.5, 0.6) is 5.75 Å². The number of hydrogen-bond donors (Lipinski definition) is 1. The van der Waals surface area contributed by atoms with E-state index in [1.54, 1.807) is 7.11 Å². The maximum Gasteiger partial charge on any atom is 0.230 e. The van der Waals surface area contributed by atoms with Crippen molar-refractivity contribution in [3.05, 3.63) is 24.3 Å². The molecule has 0 fully saturated rings. The summed E-state index contributed by atoms with van der Waals surface area (Å²) in [6, 6.07) is 7.78. The largest absolute Gasteiger partial charge is 0.497 e. The zero-order chi connectivity index (χ0) is 20.0. The maximum absolute atomic E-state index is 12.3. The van der Waals surface area contributed by atoms with Crippen molar-refractivity contribution < 1.29 is 9.53 Å². The van der Waals surface area contributed by atoms with E-state index >= 15 is 0 Å². The van der Waals surface area contributed by atoms with Crippen molar-refractivity contribution in [2.24, 2.45) is 5.92 Å². The summed E-state index contributed by atoms with van der Waals surface area (Å²) in [6.45, 7) is 11.2. The number of hydrogen-bond acceptors (Lipinski definition) is 5. The van der Waals surface area contributed by atoms with Gasteiger partial charge in [-0.05, 0) is 50.5 Å². The van der Waals surface area contributed by atoms with Gasteiger partial charge in [0, 0.05) is 17.6 Å². The normalized spacial score (nSPS) is 11.7. The van der Waals surface area contributed by atoms with E-state index in [2.05, 4.69) is 40.9 Å². The smallest absolute Gasteiger partial charge is 0.230 e. The van der Waals surface area contributed by atoms with Crippen molar-refractivity contribution in [2.75, 3.05) is 12.9 Å². The van der Waals surface area contributed by atoms with Crippen LogP contribution in [0.4, 0.5) is 0 Å². The Morgan fingerprint density at radius 1 is 1.26 bits per heavy atom. The number of aromatic nitrogens is 3. The van der Waals surface area contributed by atoms with Crippen LogP contribution in [-0.2, 0) is 11.3 Å². The fourth-order valence-corrected chi connectivity index (χ4v) is 3.26. The maximum atomic E-state index is 12.3. The summed E-state index contributed by atoms with van der Waals surface area (Å²) in [7, 11) is 1.65. The van der Waals surface area contributed by atoms with Crippen LogP contribution in [-0.4, -0.2) is 39.1 Å². The van der Waals surface area contributed by atoms with Crippen LogP contribution in [0.2, 0.25) is 0 Å². The summed E-state index contributed by atoms with van der Waals surface area (Å²) < 4.78 is 7.32. The Kier molecular flexibility index (Phi) is 7.30. The zero-order valence-corrected chi connectivity index (χ0v) is 17.9. The van der Waals surface area contributed by atoms with Crippen LogP contribution in [0.3, 0.4) is 0 Å². The average molecular weight is 391 g/mol. The van der Waals surface area contributed by atoms with Gasteiger partial charge >= 0.3 is 0 Å². The molecule has 1 amide bonds. The molecule has 0 saturated heterocycles. The highest BCUT2D eigenvalue weighted by molar-refractivity contribution is 7.99. The Labute approximate surface area is 166 Å². The van der Waals surface area contributed by atoms with E-state index in [1.807, 2.05) is 38.1 Å². The Balaban J connectivity index is 2.19. The van der Waals surface area contributed by atoms with Gasteiger partial charge in [-0.25, -0.2) is 0 Å². The first kappa shape index (κ1) is 21.3. The topological polar surface area (TPSA) is 69.0 Å².